The van der Waals surface area contributed by atoms with Gasteiger partial charge in [-0.2, -0.15) is 0 Å². The van der Waals surface area contributed by atoms with Crippen LogP contribution in [0.3, 0.4) is 0 Å². The van der Waals surface area contributed by atoms with Crippen LogP contribution in [0, 0.1) is 0 Å². The highest BCUT2D eigenvalue weighted by atomic mass is 16.5. The van der Waals surface area contributed by atoms with Crippen LogP contribution in [-0.2, 0) is 0 Å². The molecule has 0 fully saturated rings. The monoisotopic (exact) mass is 210 g/mol. The van der Waals surface area contributed by atoms with Crippen LogP contribution in [0.15, 0.2) is 24.3 Å². The zero-order chi connectivity index (χ0) is 11.4. The van der Waals surface area contributed by atoms with Gasteiger partial charge >= 0.3 is 0 Å². The molecule has 15 heavy (non-hydrogen) atoms. The first-order valence-corrected chi connectivity index (χ1v) is 5.13. The molecule has 3 heteroatoms. The number of aliphatic hydroxyl groups excluding tert-OH is 2. The predicted octanol–water partition coefficient (Wildman–Crippen LogP) is 1.89. The van der Waals surface area contributed by atoms with Crippen molar-refractivity contribution in [3.8, 4) is 5.75 Å². The number of rotatable bonds is 4. The minimum Gasteiger partial charge on any atom is -0.491 e. The second-order valence-corrected chi connectivity index (χ2v) is 3.92. The minimum absolute atomic E-state index is 0.101. The van der Waals surface area contributed by atoms with Crippen LogP contribution in [0.2, 0.25) is 0 Å². The summed E-state index contributed by atoms with van der Waals surface area (Å²) in [6, 6.07) is 7.15. The third-order valence-corrected chi connectivity index (χ3v) is 2.03. The van der Waals surface area contributed by atoms with Crippen molar-refractivity contribution in [1.82, 2.24) is 0 Å². The Morgan fingerprint density at radius 2 is 1.80 bits per heavy atom. The van der Waals surface area contributed by atoms with Crippen LogP contribution >= 0.6 is 0 Å². The quantitative estimate of drug-likeness (QED) is 0.797. The summed E-state index contributed by atoms with van der Waals surface area (Å²) in [5, 5.41) is 18.9. The maximum atomic E-state index is 9.65. The van der Waals surface area contributed by atoms with Gasteiger partial charge in [0.1, 0.15) is 11.9 Å². The molecule has 0 saturated carbocycles. The van der Waals surface area contributed by atoms with E-state index < -0.39 is 12.2 Å². The van der Waals surface area contributed by atoms with E-state index in [9.17, 15) is 10.2 Å². The van der Waals surface area contributed by atoms with Crippen molar-refractivity contribution in [1.29, 1.82) is 0 Å². The van der Waals surface area contributed by atoms with Gasteiger partial charge in [0.25, 0.3) is 0 Å². The average Bonchev–Trinajstić information content (AvgIpc) is 2.16. The van der Waals surface area contributed by atoms with Gasteiger partial charge in [-0.1, -0.05) is 12.1 Å². The summed E-state index contributed by atoms with van der Waals surface area (Å²) in [6.45, 7) is 5.44. The molecule has 0 aliphatic carbocycles. The predicted molar refractivity (Wildman–Crippen MR) is 58.8 cm³/mol. The van der Waals surface area contributed by atoms with E-state index in [1.807, 2.05) is 19.9 Å². The van der Waals surface area contributed by atoms with Crippen LogP contribution in [0.5, 0.6) is 5.75 Å². The van der Waals surface area contributed by atoms with Gasteiger partial charge in [-0.25, -0.2) is 0 Å². The van der Waals surface area contributed by atoms with Crippen molar-refractivity contribution < 1.29 is 14.9 Å². The molecule has 0 heterocycles. The topological polar surface area (TPSA) is 49.7 Å². The second-order valence-electron chi connectivity index (χ2n) is 3.92. The lowest BCUT2D eigenvalue weighted by Gasteiger charge is -2.16. The maximum absolute atomic E-state index is 9.65. The van der Waals surface area contributed by atoms with Gasteiger partial charge in [0.2, 0.25) is 0 Å². The molecule has 3 nitrogen and oxygen atoms in total. The Morgan fingerprint density at radius 1 is 1.13 bits per heavy atom. The van der Waals surface area contributed by atoms with Gasteiger partial charge in [0, 0.05) is 0 Å². The Morgan fingerprint density at radius 3 is 2.33 bits per heavy atom. The Labute approximate surface area is 90.3 Å². The fourth-order valence-corrected chi connectivity index (χ4v) is 1.32. The summed E-state index contributed by atoms with van der Waals surface area (Å²) in [5.41, 5.74) is 0.670. The van der Waals surface area contributed by atoms with E-state index in [1.165, 1.54) is 0 Å². The first-order valence-electron chi connectivity index (χ1n) is 5.13. The maximum Gasteiger partial charge on any atom is 0.120 e. The third kappa shape index (κ3) is 3.53. The molecular formula is C12H18O3. The third-order valence-electron chi connectivity index (χ3n) is 2.03. The Bertz CT molecular complexity index is 307. The van der Waals surface area contributed by atoms with E-state index in [-0.39, 0.29) is 6.10 Å². The molecule has 0 radical (unpaired) electrons. The highest BCUT2D eigenvalue weighted by Crippen LogP contribution is 2.22. The molecule has 84 valence electrons. The molecule has 0 aromatic heterocycles. The fraction of sp³-hybridized carbons (Fsp3) is 0.500. The molecule has 2 atom stereocenters. The van der Waals surface area contributed by atoms with E-state index in [0.717, 1.165) is 0 Å². The van der Waals surface area contributed by atoms with Crippen molar-refractivity contribution in [2.75, 3.05) is 0 Å². The number of benzene rings is 1. The van der Waals surface area contributed by atoms with Gasteiger partial charge < -0.3 is 14.9 Å². The number of hydrogen-bond acceptors (Lipinski definition) is 3. The number of aliphatic hydroxyl groups is 2. The number of ether oxygens (including phenoxy) is 1. The largest absolute Gasteiger partial charge is 0.491 e. The summed E-state index contributed by atoms with van der Waals surface area (Å²) < 4.78 is 5.49. The van der Waals surface area contributed by atoms with Crippen molar-refractivity contribution in [3.63, 3.8) is 0 Å². The first-order chi connectivity index (χ1) is 7.00. The molecule has 2 unspecified atom stereocenters. The smallest absolute Gasteiger partial charge is 0.120 e. The summed E-state index contributed by atoms with van der Waals surface area (Å²) in [5.74, 6) is 0.710. The minimum atomic E-state index is -0.860. The molecule has 1 aromatic carbocycles. The van der Waals surface area contributed by atoms with E-state index in [2.05, 4.69) is 0 Å². The van der Waals surface area contributed by atoms with Crippen LogP contribution < -0.4 is 4.74 Å². The normalized spacial score (nSPS) is 15.1. The summed E-state index contributed by atoms with van der Waals surface area (Å²) in [6.07, 6.45) is -1.54. The van der Waals surface area contributed by atoms with E-state index in [1.54, 1.807) is 25.1 Å². The molecule has 0 amide bonds. The molecule has 0 aliphatic rings. The second kappa shape index (κ2) is 5.14. The summed E-state index contributed by atoms with van der Waals surface area (Å²) >= 11 is 0. The molecule has 0 bridgehead atoms. The molecule has 0 spiro atoms. The van der Waals surface area contributed by atoms with E-state index in [4.69, 9.17) is 4.74 Å². The van der Waals surface area contributed by atoms with Crippen LogP contribution in [0.1, 0.15) is 32.4 Å². The molecule has 1 rings (SSSR count). The highest BCUT2D eigenvalue weighted by Gasteiger charge is 2.13. The highest BCUT2D eigenvalue weighted by molar-refractivity contribution is 5.30. The Kier molecular flexibility index (Phi) is 4.12. The lowest BCUT2D eigenvalue weighted by atomic mass is 10.1. The molecule has 0 aliphatic heterocycles. The van der Waals surface area contributed by atoms with Gasteiger partial charge in [-0.15, -0.1) is 0 Å². The van der Waals surface area contributed by atoms with Crippen LogP contribution in [0.4, 0.5) is 0 Å². The van der Waals surface area contributed by atoms with Crippen molar-refractivity contribution in [3.05, 3.63) is 29.8 Å². The Hall–Kier alpha value is -1.06. The zero-order valence-corrected chi connectivity index (χ0v) is 9.34. The lowest BCUT2D eigenvalue weighted by molar-refractivity contribution is 0.0303. The summed E-state index contributed by atoms with van der Waals surface area (Å²) in [7, 11) is 0. The van der Waals surface area contributed by atoms with Crippen molar-refractivity contribution >= 4 is 0 Å². The van der Waals surface area contributed by atoms with Gasteiger partial charge in [0.05, 0.1) is 12.2 Å². The molecular weight excluding hydrogens is 192 g/mol. The fourth-order valence-electron chi connectivity index (χ4n) is 1.32. The van der Waals surface area contributed by atoms with Gasteiger partial charge in [-0.05, 0) is 38.5 Å². The van der Waals surface area contributed by atoms with Gasteiger partial charge in [-0.3, -0.25) is 0 Å². The van der Waals surface area contributed by atoms with Crippen LogP contribution in [0.25, 0.3) is 0 Å². The van der Waals surface area contributed by atoms with Crippen molar-refractivity contribution in [2.24, 2.45) is 0 Å². The van der Waals surface area contributed by atoms with E-state index in [0.29, 0.717) is 11.3 Å². The Balaban J connectivity index is 2.82. The SMILES string of the molecule is CC(C)Oc1cccc(C(O)C(C)O)c1. The molecule has 2 N–H and O–H groups in total. The number of hydrogen-bond donors (Lipinski definition) is 2. The van der Waals surface area contributed by atoms with Crippen LogP contribution in [-0.4, -0.2) is 22.4 Å². The average molecular weight is 210 g/mol. The standard InChI is InChI=1S/C12H18O3/c1-8(2)15-11-6-4-5-10(7-11)12(14)9(3)13/h4-9,12-14H,1-3H3. The van der Waals surface area contributed by atoms with Crippen molar-refractivity contribution in [2.45, 2.75) is 39.1 Å². The molecule has 0 saturated heterocycles. The molecule has 1 aromatic rings. The van der Waals surface area contributed by atoms with Gasteiger partial charge in [0.15, 0.2) is 0 Å². The summed E-state index contributed by atoms with van der Waals surface area (Å²) in [4.78, 5) is 0. The zero-order valence-electron chi connectivity index (χ0n) is 9.34. The van der Waals surface area contributed by atoms with E-state index >= 15 is 0 Å². The lowest BCUT2D eigenvalue weighted by Crippen LogP contribution is -2.14. The first kappa shape index (κ1) is 12.0.